The van der Waals surface area contributed by atoms with Crippen molar-refractivity contribution in [1.29, 1.82) is 0 Å². The largest absolute Gasteiger partial charge is 0.252 e. The smallest absolute Gasteiger partial charge is 0.227 e. The quantitative estimate of drug-likeness (QED) is 0.604. The van der Waals surface area contributed by atoms with Gasteiger partial charge in [0, 0.05) is 18.8 Å². The minimum absolute atomic E-state index is 0.655. The van der Waals surface area contributed by atoms with Crippen molar-refractivity contribution < 1.29 is 25.3 Å². The molecule has 0 spiro atoms. The molecule has 0 aromatic rings. The lowest BCUT2D eigenvalue weighted by Crippen LogP contribution is -2.60. The van der Waals surface area contributed by atoms with Crippen molar-refractivity contribution in [1.82, 2.24) is 0 Å². The molecular formula is C6H16O6S3Si. The van der Waals surface area contributed by atoms with Gasteiger partial charge in [0.1, 0.15) is 0 Å². The van der Waals surface area contributed by atoms with E-state index in [0.717, 1.165) is 0 Å². The van der Waals surface area contributed by atoms with Gasteiger partial charge in [-0.1, -0.05) is 13.1 Å². The van der Waals surface area contributed by atoms with Gasteiger partial charge in [0.15, 0.2) is 29.5 Å². The monoisotopic (exact) mass is 308 g/mol. The third-order valence-electron chi connectivity index (χ3n) is 2.26. The molecule has 0 saturated heterocycles. The first-order valence-electron chi connectivity index (χ1n) is 4.28. The number of rotatable bonds is 4. The molecule has 0 aromatic carbocycles. The van der Waals surface area contributed by atoms with Gasteiger partial charge in [-0.05, 0) is 0 Å². The van der Waals surface area contributed by atoms with Crippen molar-refractivity contribution in [3.63, 3.8) is 0 Å². The average Bonchev–Trinajstić information content (AvgIpc) is 1.71. The Bertz CT molecular complexity index is 489. The predicted molar refractivity (Wildman–Crippen MR) is 66.1 cm³/mol. The molecule has 0 aliphatic carbocycles. The van der Waals surface area contributed by atoms with Gasteiger partial charge >= 0.3 is 0 Å². The molecule has 0 aromatic heterocycles. The van der Waals surface area contributed by atoms with Crippen molar-refractivity contribution in [3.05, 3.63) is 0 Å². The summed E-state index contributed by atoms with van der Waals surface area (Å²) in [7, 11) is -15.3. The summed E-state index contributed by atoms with van der Waals surface area (Å²) in [6.45, 7) is 2.78. The molecule has 0 radical (unpaired) electrons. The molecule has 10 heteroatoms. The molecule has 6 nitrogen and oxygen atoms in total. The van der Waals surface area contributed by atoms with E-state index < -0.39 is 41.3 Å². The van der Waals surface area contributed by atoms with Crippen LogP contribution in [0.2, 0.25) is 13.1 Å². The van der Waals surface area contributed by atoms with E-state index in [9.17, 15) is 25.3 Å². The van der Waals surface area contributed by atoms with Crippen LogP contribution >= 0.6 is 0 Å². The minimum Gasteiger partial charge on any atom is -0.227 e. The molecule has 0 atom stereocenters. The molecule has 16 heavy (non-hydrogen) atoms. The zero-order valence-electron chi connectivity index (χ0n) is 9.75. The van der Waals surface area contributed by atoms with E-state index in [-0.39, 0.29) is 0 Å². The van der Waals surface area contributed by atoms with E-state index in [2.05, 4.69) is 0 Å². The molecule has 0 rings (SSSR count). The highest BCUT2D eigenvalue weighted by atomic mass is 32.3. The Kier molecular flexibility index (Phi) is 4.09. The number of hydrogen-bond acceptors (Lipinski definition) is 6. The second kappa shape index (κ2) is 4.07. The lowest BCUT2D eigenvalue weighted by molar-refractivity contribution is 0.573. The van der Waals surface area contributed by atoms with Crippen molar-refractivity contribution in [3.8, 4) is 0 Å². The summed E-state index contributed by atoms with van der Waals surface area (Å²) in [6, 6.07) is 0. The SMILES string of the molecule is C[SiH](C)C(S(C)(=O)=O)(S(C)(=O)=O)S(C)(=O)=O. The zero-order valence-corrected chi connectivity index (χ0v) is 13.4. The number of hydrogen-bond donors (Lipinski definition) is 0. The van der Waals surface area contributed by atoms with E-state index in [0.29, 0.717) is 18.8 Å². The fraction of sp³-hybridized carbons (Fsp3) is 1.00. The lowest BCUT2D eigenvalue weighted by Gasteiger charge is -2.31. The molecule has 98 valence electrons. The minimum atomic E-state index is -4.26. The van der Waals surface area contributed by atoms with Gasteiger partial charge in [-0.2, -0.15) is 0 Å². The number of sulfone groups is 3. The van der Waals surface area contributed by atoms with Crippen molar-refractivity contribution in [2.75, 3.05) is 18.8 Å². The second-order valence-electron chi connectivity index (χ2n) is 4.07. The van der Waals surface area contributed by atoms with Gasteiger partial charge < -0.3 is 0 Å². The third-order valence-corrected chi connectivity index (χ3v) is 20.3. The Hall–Kier alpha value is 0.0669. The van der Waals surface area contributed by atoms with Crippen LogP contribution in [0.4, 0.5) is 0 Å². The molecule has 0 aliphatic heterocycles. The molecule has 0 saturated carbocycles. The Balaban J connectivity index is 6.82. The summed E-state index contributed by atoms with van der Waals surface area (Å²) in [5, 5.41) is 0. The lowest BCUT2D eigenvalue weighted by atomic mass is 11.7. The molecular weight excluding hydrogens is 292 g/mol. The van der Waals surface area contributed by atoms with Crippen LogP contribution < -0.4 is 0 Å². The highest BCUT2D eigenvalue weighted by molar-refractivity contribution is 8.28. The van der Waals surface area contributed by atoms with E-state index >= 15 is 0 Å². The topological polar surface area (TPSA) is 102 Å². The summed E-state index contributed by atoms with van der Waals surface area (Å²) >= 11 is 0. The molecule has 0 N–H and O–H groups in total. The summed E-state index contributed by atoms with van der Waals surface area (Å²) in [5.74, 6) is 0. The average molecular weight is 308 g/mol. The molecule has 0 unspecified atom stereocenters. The Morgan fingerprint density at radius 3 is 0.875 bits per heavy atom. The van der Waals surface area contributed by atoms with Crippen LogP contribution in [0.5, 0.6) is 0 Å². The van der Waals surface area contributed by atoms with Crippen LogP contribution in [-0.4, -0.2) is 55.9 Å². The maximum absolute atomic E-state index is 11.7. The zero-order chi connectivity index (χ0) is 13.6. The highest BCUT2D eigenvalue weighted by Gasteiger charge is 2.61. The molecule has 0 heterocycles. The Morgan fingerprint density at radius 1 is 0.688 bits per heavy atom. The normalized spacial score (nSPS) is 15.4. The summed E-state index contributed by atoms with van der Waals surface area (Å²) in [6.07, 6.45) is 1.96. The standard InChI is InChI=1S/C6H16O6S3Si/c1-13(7,8)6(16(4)5,14(2,9)10)15(3,11)12/h16H,1-5H3. The van der Waals surface area contributed by atoms with Crippen molar-refractivity contribution in [2.45, 2.75) is 16.1 Å². The van der Waals surface area contributed by atoms with Crippen LogP contribution in [-0.2, 0) is 29.5 Å². The molecule has 0 fully saturated rings. The molecule has 0 bridgehead atoms. The maximum Gasteiger partial charge on any atom is 0.252 e. The predicted octanol–water partition coefficient (Wildman–Crippen LogP) is -1.20. The second-order valence-corrected chi connectivity index (χ2v) is 15.8. The molecule has 0 aliphatic rings. The Labute approximate surface area is 98.4 Å². The van der Waals surface area contributed by atoms with Crippen molar-refractivity contribution in [2.24, 2.45) is 0 Å². The summed E-state index contributed by atoms with van der Waals surface area (Å²) < 4.78 is 67.4. The van der Waals surface area contributed by atoms with Crippen LogP contribution in [0, 0.1) is 0 Å². The van der Waals surface area contributed by atoms with E-state index in [1.54, 1.807) is 0 Å². The molecule has 0 amide bonds. The van der Waals surface area contributed by atoms with Gasteiger partial charge in [0.25, 0.3) is 3.03 Å². The van der Waals surface area contributed by atoms with E-state index in [1.165, 1.54) is 13.1 Å². The summed E-state index contributed by atoms with van der Waals surface area (Å²) in [5.41, 5.74) is 0. The van der Waals surface area contributed by atoms with Gasteiger partial charge in [0.2, 0.25) is 0 Å². The van der Waals surface area contributed by atoms with Crippen LogP contribution in [0.3, 0.4) is 0 Å². The van der Waals surface area contributed by atoms with Crippen molar-refractivity contribution >= 4 is 38.3 Å². The van der Waals surface area contributed by atoms with Gasteiger partial charge in [-0.15, -0.1) is 0 Å². The fourth-order valence-electron chi connectivity index (χ4n) is 2.11. The first-order chi connectivity index (χ1) is 6.69. The van der Waals surface area contributed by atoms with Crippen LogP contribution in [0.25, 0.3) is 0 Å². The van der Waals surface area contributed by atoms with Crippen LogP contribution in [0.15, 0.2) is 0 Å². The Morgan fingerprint density at radius 2 is 0.875 bits per heavy atom. The van der Waals surface area contributed by atoms with E-state index in [4.69, 9.17) is 0 Å². The highest BCUT2D eigenvalue weighted by Crippen LogP contribution is 2.32. The van der Waals surface area contributed by atoms with Gasteiger partial charge in [0.05, 0.1) is 8.80 Å². The first kappa shape index (κ1) is 16.1. The maximum atomic E-state index is 11.7. The third kappa shape index (κ3) is 2.20. The summed E-state index contributed by atoms with van der Waals surface area (Å²) in [4.78, 5) is 0. The van der Waals surface area contributed by atoms with Crippen LogP contribution in [0.1, 0.15) is 0 Å². The van der Waals surface area contributed by atoms with E-state index in [1.807, 2.05) is 0 Å². The van der Waals surface area contributed by atoms with Gasteiger partial charge in [-0.3, -0.25) is 0 Å². The van der Waals surface area contributed by atoms with Gasteiger partial charge in [-0.25, -0.2) is 25.3 Å². The fourth-order valence-corrected chi connectivity index (χ4v) is 19.0. The first-order valence-corrected chi connectivity index (χ1v) is 12.8.